The van der Waals surface area contributed by atoms with Crippen molar-refractivity contribution in [3.8, 4) is 11.5 Å². The summed E-state index contributed by atoms with van der Waals surface area (Å²) in [6, 6.07) is -1.33. The van der Waals surface area contributed by atoms with E-state index in [0.717, 1.165) is 65.5 Å². The van der Waals surface area contributed by atoms with Crippen LogP contribution in [0, 0.1) is 38.5 Å². The van der Waals surface area contributed by atoms with E-state index in [2.05, 4.69) is 39.9 Å². The summed E-state index contributed by atoms with van der Waals surface area (Å²) in [6.07, 6.45) is 10.5. The van der Waals surface area contributed by atoms with Gasteiger partial charge in [-0.3, -0.25) is 14.4 Å². The van der Waals surface area contributed by atoms with Crippen LogP contribution in [-0.2, 0) is 25.6 Å². The number of aliphatic carboxylic acids is 2. The van der Waals surface area contributed by atoms with E-state index < -0.39 is 36.3 Å². The number of hydrogen-bond acceptors (Lipinski definition) is 6. The Hall–Kier alpha value is -3.10. The molecule has 1 aromatic rings. The molecule has 0 aliphatic carbocycles. The Morgan fingerprint density at radius 1 is 0.826 bits per heavy atom. The molecule has 0 saturated carbocycles. The fourth-order valence-electron chi connectivity index (χ4n) is 6.31. The van der Waals surface area contributed by atoms with Crippen LogP contribution in [0.4, 0.5) is 0 Å². The van der Waals surface area contributed by atoms with Crippen LogP contribution in [0.25, 0.3) is 0 Å². The van der Waals surface area contributed by atoms with Crippen LogP contribution < -0.4 is 14.8 Å². The third kappa shape index (κ3) is 12.6. The van der Waals surface area contributed by atoms with Crippen LogP contribution in [0.2, 0.25) is 0 Å². The van der Waals surface area contributed by atoms with E-state index in [-0.39, 0.29) is 24.9 Å². The largest absolute Gasteiger partial charge is 0.487 e. The van der Waals surface area contributed by atoms with Gasteiger partial charge in [0.2, 0.25) is 5.91 Å². The quantitative estimate of drug-likeness (QED) is 0.0962. The second kappa shape index (κ2) is 18.3. The summed E-state index contributed by atoms with van der Waals surface area (Å²) < 4.78 is 12.5. The number of carbonyl (C=O) groups is 4. The third-order valence-electron chi connectivity index (χ3n) is 9.65. The van der Waals surface area contributed by atoms with Crippen LogP contribution in [0.5, 0.6) is 11.5 Å². The molecule has 1 heterocycles. The minimum Gasteiger partial charge on any atom is -0.487 e. The summed E-state index contributed by atoms with van der Waals surface area (Å²) in [4.78, 5) is 47.1. The molecule has 0 radical (unpaired) electrons. The molecule has 3 N–H and O–H groups in total. The maximum absolute atomic E-state index is 12.7. The molecular formula is C37H59NO8. The number of fused-ring (bicyclic) bond motifs is 1. The number of esters is 1. The Balaban J connectivity index is 1.92. The predicted molar refractivity (Wildman–Crippen MR) is 179 cm³/mol. The number of carboxylic acids is 2. The van der Waals surface area contributed by atoms with E-state index in [4.69, 9.17) is 14.6 Å². The molecule has 0 fully saturated rings. The topological polar surface area (TPSA) is 139 Å². The van der Waals surface area contributed by atoms with Gasteiger partial charge in [-0.2, -0.15) is 0 Å². The van der Waals surface area contributed by atoms with E-state index in [1.165, 1.54) is 38.5 Å². The van der Waals surface area contributed by atoms with Crippen molar-refractivity contribution in [2.45, 2.75) is 157 Å². The van der Waals surface area contributed by atoms with Crippen LogP contribution in [0.15, 0.2) is 0 Å². The Morgan fingerprint density at radius 2 is 1.43 bits per heavy atom. The maximum atomic E-state index is 12.7. The minimum atomic E-state index is -1.33. The molecule has 260 valence electrons. The SMILES string of the molecule is Cc1c(C)c2c(c(C)c1OC(=O)CCC(=O)NC(CCC(=O)O)C(=O)O)CC[C@](C)(CC[C@@H](C)CCC[C@@H](C)CCCC(C)C)O2. The standard InChI is InChI=1S/C37H59NO8/c1-23(2)11-9-12-24(3)13-10-14-25(4)19-21-37(8)22-20-29-28(7)34(26(5)27(6)35(29)46-37)45-33(42)18-16-31(39)38-30(36(43)44)15-17-32(40)41/h23-25,30H,9-22H2,1-8H3,(H,38,39)(H,40,41)(H,43,44)/t24-,25-,30?,37-/m0/s1. The number of hydrogen-bond donors (Lipinski definition) is 3. The van der Waals surface area contributed by atoms with Crippen LogP contribution >= 0.6 is 0 Å². The van der Waals surface area contributed by atoms with E-state index in [0.29, 0.717) is 11.7 Å². The lowest BCUT2D eigenvalue weighted by Crippen LogP contribution is -2.41. The first-order valence-corrected chi connectivity index (χ1v) is 17.3. The van der Waals surface area contributed by atoms with E-state index in [9.17, 15) is 24.3 Å². The lowest BCUT2D eigenvalue weighted by atomic mass is 9.83. The van der Waals surface area contributed by atoms with Crippen molar-refractivity contribution in [2.24, 2.45) is 17.8 Å². The summed E-state index contributed by atoms with van der Waals surface area (Å²) >= 11 is 0. The summed E-state index contributed by atoms with van der Waals surface area (Å²) in [5.41, 5.74) is 3.40. The van der Waals surface area contributed by atoms with Gasteiger partial charge in [0, 0.05) is 18.4 Å². The van der Waals surface area contributed by atoms with E-state index in [1.807, 2.05) is 20.8 Å². The molecule has 0 aromatic heterocycles. The number of benzene rings is 1. The zero-order valence-electron chi connectivity index (χ0n) is 29.6. The molecule has 0 saturated heterocycles. The van der Waals surface area contributed by atoms with Crippen molar-refractivity contribution in [3.63, 3.8) is 0 Å². The molecule has 1 unspecified atom stereocenters. The fraction of sp³-hybridized carbons (Fsp3) is 0.730. The molecule has 2 rings (SSSR count). The molecule has 46 heavy (non-hydrogen) atoms. The molecule has 9 nitrogen and oxygen atoms in total. The van der Waals surface area contributed by atoms with Crippen molar-refractivity contribution in [2.75, 3.05) is 0 Å². The first-order chi connectivity index (χ1) is 21.5. The van der Waals surface area contributed by atoms with Gasteiger partial charge in [-0.15, -0.1) is 0 Å². The van der Waals surface area contributed by atoms with Gasteiger partial charge in [-0.05, 0) is 94.2 Å². The first kappa shape index (κ1) is 39.1. The highest BCUT2D eigenvalue weighted by Gasteiger charge is 2.35. The normalized spacial score (nSPS) is 17.8. The van der Waals surface area contributed by atoms with Crippen molar-refractivity contribution in [3.05, 3.63) is 22.3 Å². The minimum absolute atomic E-state index is 0.240. The van der Waals surface area contributed by atoms with Crippen LogP contribution in [0.3, 0.4) is 0 Å². The fourth-order valence-corrected chi connectivity index (χ4v) is 6.31. The Labute approximate surface area is 276 Å². The summed E-state index contributed by atoms with van der Waals surface area (Å²) in [5.74, 6) is -0.133. The molecule has 0 spiro atoms. The number of carboxylic acid groups (broad SMARTS) is 2. The first-order valence-electron chi connectivity index (χ1n) is 17.3. The zero-order valence-corrected chi connectivity index (χ0v) is 29.6. The highest BCUT2D eigenvalue weighted by atomic mass is 16.5. The van der Waals surface area contributed by atoms with Crippen molar-refractivity contribution < 1.29 is 38.9 Å². The van der Waals surface area contributed by atoms with Gasteiger partial charge in [0.25, 0.3) is 0 Å². The average molecular weight is 646 g/mol. The molecule has 4 atom stereocenters. The van der Waals surface area contributed by atoms with Gasteiger partial charge in [0.05, 0.1) is 6.42 Å². The molecule has 1 aliphatic heterocycles. The summed E-state index contributed by atoms with van der Waals surface area (Å²) in [5, 5.41) is 20.3. The van der Waals surface area contributed by atoms with Gasteiger partial charge >= 0.3 is 17.9 Å². The maximum Gasteiger partial charge on any atom is 0.326 e. The molecule has 1 aliphatic rings. The number of nitrogens with one attached hydrogen (secondary N) is 1. The van der Waals surface area contributed by atoms with Gasteiger partial charge in [0.1, 0.15) is 23.1 Å². The average Bonchev–Trinajstić information content (AvgIpc) is 2.97. The smallest absolute Gasteiger partial charge is 0.326 e. The Bertz CT molecular complexity index is 1210. The van der Waals surface area contributed by atoms with Gasteiger partial charge in [0.15, 0.2) is 0 Å². The molecule has 1 aromatic carbocycles. The molecule has 0 bridgehead atoms. The monoisotopic (exact) mass is 645 g/mol. The molecule has 9 heteroatoms. The van der Waals surface area contributed by atoms with Crippen molar-refractivity contribution in [1.82, 2.24) is 5.32 Å². The van der Waals surface area contributed by atoms with Crippen molar-refractivity contribution >= 4 is 23.8 Å². The van der Waals surface area contributed by atoms with Gasteiger partial charge < -0.3 is 25.0 Å². The summed E-state index contributed by atoms with van der Waals surface area (Å²) in [6.45, 7) is 17.4. The van der Waals surface area contributed by atoms with Crippen molar-refractivity contribution in [1.29, 1.82) is 0 Å². The second-order valence-corrected chi connectivity index (χ2v) is 14.4. The lowest BCUT2D eigenvalue weighted by Gasteiger charge is -2.39. The van der Waals surface area contributed by atoms with Gasteiger partial charge in [-0.25, -0.2) is 4.79 Å². The van der Waals surface area contributed by atoms with Crippen LogP contribution in [-0.4, -0.2) is 45.7 Å². The Morgan fingerprint density at radius 3 is 2.02 bits per heavy atom. The predicted octanol–water partition coefficient (Wildman–Crippen LogP) is 7.86. The van der Waals surface area contributed by atoms with E-state index in [1.54, 1.807) is 0 Å². The number of amides is 1. The summed E-state index contributed by atoms with van der Waals surface area (Å²) in [7, 11) is 0. The number of ether oxygens (including phenoxy) is 2. The molecular weight excluding hydrogens is 586 g/mol. The highest BCUT2D eigenvalue weighted by Crippen LogP contribution is 2.45. The van der Waals surface area contributed by atoms with Crippen LogP contribution in [0.1, 0.15) is 140 Å². The van der Waals surface area contributed by atoms with Gasteiger partial charge in [-0.1, -0.05) is 66.2 Å². The second-order valence-electron chi connectivity index (χ2n) is 14.4. The lowest BCUT2D eigenvalue weighted by molar-refractivity contribution is -0.143. The molecule has 1 amide bonds. The third-order valence-corrected chi connectivity index (χ3v) is 9.65. The highest BCUT2D eigenvalue weighted by molar-refractivity contribution is 5.86. The Kier molecular flexibility index (Phi) is 15.5. The number of rotatable bonds is 20. The number of carbonyl (C=O) groups excluding carboxylic acids is 2. The van der Waals surface area contributed by atoms with E-state index >= 15 is 0 Å². The zero-order chi connectivity index (χ0) is 34.6.